The average molecular weight is 477 g/mol. The molecule has 182 valence electrons. The van der Waals surface area contributed by atoms with E-state index in [2.05, 4.69) is 10.6 Å². The van der Waals surface area contributed by atoms with Gasteiger partial charge in [-0.15, -0.1) is 0 Å². The molecule has 0 saturated heterocycles. The third-order valence-electron chi connectivity index (χ3n) is 5.35. The topological polar surface area (TPSA) is 125 Å². The fourth-order valence-electron chi connectivity index (χ4n) is 3.68. The predicted molar refractivity (Wildman–Crippen MR) is 130 cm³/mol. The van der Waals surface area contributed by atoms with E-state index in [9.17, 15) is 24.6 Å². The van der Waals surface area contributed by atoms with Crippen LogP contribution in [-0.2, 0) is 20.9 Å². The van der Waals surface area contributed by atoms with Gasteiger partial charge in [0.15, 0.2) is 0 Å². The quantitative estimate of drug-likeness (QED) is 0.337. The minimum absolute atomic E-state index is 0.0733. The normalized spacial score (nSPS) is 12.4. The summed E-state index contributed by atoms with van der Waals surface area (Å²) in [7, 11) is 0. The number of carbonyl (C=O) groups is 3. The van der Waals surface area contributed by atoms with Crippen molar-refractivity contribution in [1.82, 2.24) is 10.6 Å². The van der Waals surface area contributed by atoms with Crippen LogP contribution in [0.2, 0.25) is 0 Å². The Balaban J connectivity index is 1.57. The van der Waals surface area contributed by atoms with Crippen LogP contribution >= 0.6 is 0 Å². The monoisotopic (exact) mass is 476 g/mol. The standard InChI is InChI=1S/C27H28N2O6/c30-22(17-28-27(34)35-18-19-10-4-1-5-11-19)16-23(31)29-25(26(32)33)24(20-12-6-2-7-13-20)21-14-8-3-9-15-21/h1-15,22,24-25,30H,16-18H2,(H,28,34)(H,29,31)(H,32,33)/t22-,25-/m1/s1. The van der Waals surface area contributed by atoms with Gasteiger partial charge in [0.25, 0.3) is 0 Å². The molecule has 35 heavy (non-hydrogen) atoms. The van der Waals surface area contributed by atoms with Crippen LogP contribution < -0.4 is 10.6 Å². The Hall–Kier alpha value is -4.17. The Bertz CT molecular complexity index is 1050. The van der Waals surface area contributed by atoms with Gasteiger partial charge in [0.1, 0.15) is 12.6 Å². The van der Waals surface area contributed by atoms with Crippen molar-refractivity contribution in [2.24, 2.45) is 0 Å². The van der Waals surface area contributed by atoms with Crippen LogP contribution in [0, 0.1) is 0 Å². The summed E-state index contributed by atoms with van der Waals surface area (Å²) < 4.78 is 5.07. The van der Waals surface area contributed by atoms with Crippen LogP contribution in [0.15, 0.2) is 91.0 Å². The van der Waals surface area contributed by atoms with Crippen LogP contribution in [0.5, 0.6) is 0 Å². The first-order valence-electron chi connectivity index (χ1n) is 11.2. The highest BCUT2D eigenvalue weighted by Gasteiger charge is 2.32. The number of carboxylic acid groups (broad SMARTS) is 1. The second-order valence-corrected chi connectivity index (χ2v) is 7.98. The molecule has 0 aliphatic rings. The molecule has 2 atom stereocenters. The van der Waals surface area contributed by atoms with Crippen molar-refractivity contribution in [3.63, 3.8) is 0 Å². The second kappa shape index (κ2) is 12.9. The van der Waals surface area contributed by atoms with E-state index < -0.39 is 36.0 Å². The molecular weight excluding hydrogens is 448 g/mol. The van der Waals surface area contributed by atoms with E-state index in [1.54, 1.807) is 48.5 Å². The smallest absolute Gasteiger partial charge is 0.407 e. The summed E-state index contributed by atoms with van der Waals surface area (Å²) in [6.07, 6.45) is -2.34. The first kappa shape index (κ1) is 25.5. The number of carboxylic acids is 1. The number of aliphatic hydroxyl groups excluding tert-OH is 1. The maximum absolute atomic E-state index is 12.6. The molecule has 3 aromatic rings. The lowest BCUT2D eigenvalue weighted by atomic mass is 9.85. The van der Waals surface area contributed by atoms with E-state index in [1.165, 1.54) is 0 Å². The molecule has 0 aromatic heterocycles. The molecule has 0 fully saturated rings. The van der Waals surface area contributed by atoms with Crippen LogP contribution in [0.4, 0.5) is 4.79 Å². The van der Waals surface area contributed by atoms with Gasteiger partial charge in [-0.1, -0.05) is 91.0 Å². The maximum Gasteiger partial charge on any atom is 0.407 e. The Kier molecular flexibility index (Phi) is 9.39. The molecule has 0 aliphatic heterocycles. The highest BCUT2D eigenvalue weighted by molar-refractivity contribution is 5.85. The molecule has 0 radical (unpaired) electrons. The molecule has 0 heterocycles. The van der Waals surface area contributed by atoms with Gasteiger partial charge in [0.05, 0.1) is 12.5 Å². The highest BCUT2D eigenvalue weighted by Crippen LogP contribution is 2.28. The molecule has 3 rings (SSSR count). The number of carbonyl (C=O) groups excluding carboxylic acids is 2. The number of aliphatic carboxylic acids is 1. The zero-order valence-corrected chi connectivity index (χ0v) is 19.0. The number of nitrogens with one attached hydrogen (secondary N) is 2. The fourth-order valence-corrected chi connectivity index (χ4v) is 3.68. The van der Waals surface area contributed by atoms with E-state index in [-0.39, 0.29) is 19.6 Å². The van der Waals surface area contributed by atoms with Crippen molar-refractivity contribution < 1.29 is 29.3 Å². The average Bonchev–Trinajstić information content (AvgIpc) is 2.87. The highest BCUT2D eigenvalue weighted by atomic mass is 16.5. The van der Waals surface area contributed by atoms with Crippen molar-refractivity contribution in [2.75, 3.05) is 6.54 Å². The number of hydrogen-bond acceptors (Lipinski definition) is 5. The van der Waals surface area contributed by atoms with Crippen molar-refractivity contribution >= 4 is 18.0 Å². The largest absolute Gasteiger partial charge is 0.480 e. The van der Waals surface area contributed by atoms with Crippen LogP contribution in [0.1, 0.15) is 29.0 Å². The predicted octanol–water partition coefficient (Wildman–Crippen LogP) is 3.07. The first-order valence-corrected chi connectivity index (χ1v) is 11.2. The van der Waals surface area contributed by atoms with Crippen LogP contribution in [0.25, 0.3) is 0 Å². The van der Waals surface area contributed by atoms with Crippen LogP contribution in [0.3, 0.4) is 0 Å². The Morgan fingerprint density at radius 1 is 0.800 bits per heavy atom. The van der Waals surface area contributed by atoms with Crippen molar-refractivity contribution in [2.45, 2.75) is 31.1 Å². The van der Waals surface area contributed by atoms with Crippen molar-refractivity contribution in [3.8, 4) is 0 Å². The third kappa shape index (κ3) is 7.97. The summed E-state index contributed by atoms with van der Waals surface area (Å²) in [6.45, 7) is -0.149. The third-order valence-corrected chi connectivity index (χ3v) is 5.35. The molecule has 0 saturated carbocycles. The molecule has 8 nitrogen and oxygen atoms in total. The Morgan fingerprint density at radius 3 is 1.83 bits per heavy atom. The maximum atomic E-state index is 12.6. The zero-order valence-electron chi connectivity index (χ0n) is 19.0. The zero-order chi connectivity index (χ0) is 25.0. The van der Waals surface area contributed by atoms with Gasteiger partial charge in [-0.2, -0.15) is 0 Å². The summed E-state index contributed by atoms with van der Waals surface area (Å²) in [5.74, 6) is -2.49. The second-order valence-electron chi connectivity index (χ2n) is 7.98. The van der Waals surface area contributed by atoms with Gasteiger partial charge < -0.3 is 25.6 Å². The molecule has 0 unspecified atom stereocenters. The number of aliphatic hydroxyl groups is 1. The van der Waals surface area contributed by atoms with Gasteiger partial charge in [0.2, 0.25) is 5.91 Å². The summed E-state index contributed by atoms with van der Waals surface area (Å²) >= 11 is 0. The number of rotatable bonds is 11. The van der Waals surface area contributed by atoms with E-state index in [0.29, 0.717) is 0 Å². The summed E-state index contributed by atoms with van der Waals surface area (Å²) in [5.41, 5.74) is 2.28. The minimum atomic E-state index is -1.26. The SMILES string of the molecule is O=C(C[C@@H](O)CNC(=O)OCc1ccccc1)N[C@@H](C(=O)O)C(c1ccccc1)c1ccccc1. The van der Waals surface area contributed by atoms with E-state index >= 15 is 0 Å². The van der Waals surface area contributed by atoms with Gasteiger partial charge in [-0.05, 0) is 16.7 Å². The van der Waals surface area contributed by atoms with E-state index in [1.807, 2.05) is 42.5 Å². The lowest BCUT2D eigenvalue weighted by Gasteiger charge is -2.26. The number of amides is 2. The Morgan fingerprint density at radius 2 is 1.31 bits per heavy atom. The van der Waals surface area contributed by atoms with Gasteiger partial charge >= 0.3 is 12.1 Å². The van der Waals surface area contributed by atoms with Gasteiger partial charge in [-0.25, -0.2) is 9.59 Å². The molecule has 0 aliphatic carbocycles. The van der Waals surface area contributed by atoms with Crippen molar-refractivity contribution in [1.29, 1.82) is 0 Å². The van der Waals surface area contributed by atoms with E-state index in [0.717, 1.165) is 16.7 Å². The molecule has 0 spiro atoms. The van der Waals surface area contributed by atoms with Crippen molar-refractivity contribution in [3.05, 3.63) is 108 Å². The molecule has 2 amide bonds. The van der Waals surface area contributed by atoms with Crippen LogP contribution in [-0.4, -0.2) is 46.9 Å². The van der Waals surface area contributed by atoms with E-state index in [4.69, 9.17) is 4.74 Å². The number of alkyl carbamates (subject to hydrolysis) is 1. The lowest BCUT2D eigenvalue weighted by Crippen LogP contribution is -2.46. The molecule has 4 N–H and O–H groups in total. The minimum Gasteiger partial charge on any atom is -0.480 e. The Labute approximate surface area is 203 Å². The number of hydrogen-bond donors (Lipinski definition) is 4. The van der Waals surface area contributed by atoms with Gasteiger partial charge in [-0.3, -0.25) is 4.79 Å². The first-order chi connectivity index (χ1) is 16.9. The van der Waals surface area contributed by atoms with Gasteiger partial charge in [0, 0.05) is 12.5 Å². The molecule has 3 aromatic carbocycles. The summed E-state index contributed by atoms with van der Waals surface area (Å²) in [4.78, 5) is 36.6. The fraction of sp³-hybridized carbons (Fsp3) is 0.222. The summed E-state index contributed by atoms with van der Waals surface area (Å²) in [6, 6.07) is 25.9. The molecule has 8 heteroatoms. The lowest BCUT2D eigenvalue weighted by molar-refractivity contribution is -0.142. The molecular formula is C27H28N2O6. The summed E-state index contributed by atoms with van der Waals surface area (Å²) in [5, 5.41) is 25.1. The number of ether oxygens (including phenoxy) is 1. The number of benzene rings is 3. The molecule has 0 bridgehead atoms.